The molecule has 0 bridgehead atoms. The Labute approximate surface area is 132 Å². The molecule has 0 aromatic carbocycles. The zero-order valence-corrected chi connectivity index (χ0v) is 14.9. The van der Waals surface area contributed by atoms with Gasteiger partial charge in [-0.1, -0.05) is 32.4 Å². The molecule has 0 heterocycles. The van der Waals surface area contributed by atoms with Gasteiger partial charge in [-0.15, -0.1) is 0 Å². The summed E-state index contributed by atoms with van der Waals surface area (Å²) in [6.07, 6.45) is 0.418. The summed E-state index contributed by atoms with van der Waals surface area (Å²) in [6, 6.07) is 1.83. The van der Waals surface area contributed by atoms with E-state index in [-0.39, 0.29) is 4.75 Å². The van der Waals surface area contributed by atoms with E-state index < -0.39 is 23.6 Å². The van der Waals surface area contributed by atoms with Gasteiger partial charge in [0.25, 0.3) is 0 Å². The van der Waals surface area contributed by atoms with E-state index in [4.69, 9.17) is 10.00 Å². The average molecular weight is 313 g/mol. The van der Waals surface area contributed by atoms with Gasteiger partial charge in [0.2, 0.25) is 0 Å². The number of hydrogen-bond donors (Lipinski definition) is 1. The maximum atomic E-state index is 11.9. The Bertz CT molecular complexity index is 424. The normalized spacial score (nSPS) is 16.0. The van der Waals surface area contributed by atoms with Crippen molar-refractivity contribution in [3.8, 4) is 6.07 Å². The number of nitrogens with zero attached hydrogens (tertiary/aromatic N) is 1. The number of thioether (sulfide) groups is 1. The van der Waals surface area contributed by atoms with Gasteiger partial charge < -0.3 is 9.84 Å². The van der Waals surface area contributed by atoms with E-state index in [1.54, 1.807) is 38.6 Å². The monoisotopic (exact) mass is 313 g/mol. The summed E-state index contributed by atoms with van der Waals surface area (Å²) in [4.78, 5) is 11.9. The van der Waals surface area contributed by atoms with Crippen LogP contribution in [0.4, 0.5) is 0 Å². The van der Waals surface area contributed by atoms with E-state index in [0.29, 0.717) is 0 Å². The molecule has 0 amide bonds. The molecule has 0 fully saturated rings. The summed E-state index contributed by atoms with van der Waals surface area (Å²) in [5, 5.41) is 19.2. The van der Waals surface area contributed by atoms with Crippen LogP contribution >= 0.6 is 11.8 Å². The maximum Gasteiger partial charge on any atom is 0.326 e. The molecule has 0 spiro atoms. The van der Waals surface area contributed by atoms with Gasteiger partial charge in [0.15, 0.2) is 5.92 Å². The first kappa shape index (κ1) is 20.0. The van der Waals surface area contributed by atoms with Crippen molar-refractivity contribution in [1.29, 1.82) is 5.26 Å². The zero-order chi connectivity index (χ0) is 16.8. The summed E-state index contributed by atoms with van der Waals surface area (Å²) in [5.41, 5.74) is 0.262. The Hall–Kier alpha value is -0.990. The lowest BCUT2D eigenvalue weighted by atomic mass is 10.0. The predicted octanol–water partition coefficient (Wildman–Crippen LogP) is 3.31. The lowest BCUT2D eigenvalue weighted by Crippen LogP contribution is -2.33. The third-order valence-corrected chi connectivity index (χ3v) is 3.80. The number of carbonyl (C=O) groups excluding carboxylic acids is 1. The smallest absolute Gasteiger partial charge is 0.326 e. The van der Waals surface area contributed by atoms with Gasteiger partial charge in [-0.3, -0.25) is 4.79 Å². The number of nitriles is 1. The van der Waals surface area contributed by atoms with Crippen LogP contribution < -0.4 is 0 Å². The average Bonchev–Trinajstić information content (AvgIpc) is 2.23. The van der Waals surface area contributed by atoms with Crippen LogP contribution in [-0.4, -0.2) is 33.3 Å². The maximum absolute atomic E-state index is 11.9. The summed E-state index contributed by atoms with van der Waals surface area (Å²) in [6.45, 7) is 13.4. The van der Waals surface area contributed by atoms with Crippen molar-refractivity contribution >= 4 is 17.7 Å². The van der Waals surface area contributed by atoms with E-state index in [9.17, 15) is 9.90 Å². The van der Waals surface area contributed by atoms with Crippen LogP contribution in [0.15, 0.2) is 11.6 Å². The third kappa shape index (κ3) is 9.54. The largest absolute Gasteiger partial charge is 0.459 e. The van der Waals surface area contributed by atoms with E-state index in [1.165, 1.54) is 0 Å². The van der Waals surface area contributed by atoms with Crippen molar-refractivity contribution in [3.05, 3.63) is 11.6 Å². The second kappa shape index (κ2) is 7.86. The number of carbonyl (C=O) groups is 1. The summed E-state index contributed by atoms with van der Waals surface area (Å²) < 4.78 is 5.28. The fourth-order valence-corrected chi connectivity index (χ4v) is 2.16. The highest BCUT2D eigenvalue weighted by Gasteiger charge is 2.30. The SMILES string of the molecule is C/C(=C/C(O)C(C#N)C(=O)OC(C)(C)C)CSC(C)(C)C. The van der Waals surface area contributed by atoms with E-state index in [1.807, 2.05) is 13.0 Å². The molecule has 1 N–H and O–H groups in total. The summed E-state index contributed by atoms with van der Waals surface area (Å²) in [5.74, 6) is -1.14. The minimum atomic E-state index is -1.20. The van der Waals surface area contributed by atoms with Crippen LogP contribution in [0.5, 0.6) is 0 Å². The Balaban J connectivity index is 4.76. The number of ether oxygens (including phenoxy) is 1. The molecule has 5 heteroatoms. The lowest BCUT2D eigenvalue weighted by Gasteiger charge is -2.23. The number of hydrogen-bond acceptors (Lipinski definition) is 5. The second-order valence-electron chi connectivity index (χ2n) is 7.04. The highest BCUT2D eigenvalue weighted by molar-refractivity contribution is 8.00. The Kier molecular flexibility index (Phi) is 7.49. The number of aliphatic hydroxyl groups is 1. The molecular weight excluding hydrogens is 286 g/mol. The van der Waals surface area contributed by atoms with Crippen LogP contribution in [0.25, 0.3) is 0 Å². The van der Waals surface area contributed by atoms with Crippen molar-refractivity contribution in [3.63, 3.8) is 0 Å². The second-order valence-corrected chi connectivity index (χ2v) is 8.85. The molecule has 2 unspecified atom stereocenters. The molecule has 21 heavy (non-hydrogen) atoms. The Morgan fingerprint density at radius 1 is 1.33 bits per heavy atom. The third-order valence-electron chi connectivity index (χ3n) is 2.33. The fraction of sp³-hybridized carbons (Fsp3) is 0.750. The molecule has 0 rings (SSSR count). The molecule has 120 valence electrons. The molecule has 0 saturated carbocycles. The van der Waals surface area contributed by atoms with Crippen LogP contribution in [0.1, 0.15) is 48.5 Å². The first-order chi connectivity index (χ1) is 9.35. The number of aliphatic hydroxyl groups excluding tert-OH is 1. The minimum absolute atomic E-state index is 0.125. The van der Waals surface area contributed by atoms with Gasteiger partial charge in [0.05, 0.1) is 12.2 Å². The van der Waals surface area contributed by atoms with Gasteiger partial charge in [-0.2, -0.15) is 17.0 Å². The van der Waals surface area contributed by atoms with E-state index in [2.05, 4.69) is 20.8 Å². The topological polar surface area (TPSA) is 70.3 Å². The van der Waals surface area contributed by atoms with Crippen molar-refractivity contribution in [2.45, 2.75) is 64.9 Å². The highest BCUT2D eigenvalue weighted by atomic mass is 32.2. The first-order valence-electron chi connectivity index (χ1n) is 6.97. The van der Waals surface area contributed by atoms with E-state index >= 15 is 0 Å². The van der Waals surface area contributed by atoms with Gasteiger partial charge in [0, 0.05) is 10.5 Å². The molecule has 0 aromatic heterocycles. The van der Waals surface area contributed by atoms with E-state index in [0.717, 1.165) is 11.3 Å². The van der Waals surface area contributed by atoms with Crippen molar-refractivity contribution in [2.24, 2.45) is 5.92 Å². The quantitative estimate of drug-likeness (QED) is 0.623. The molecule has 0 saturated heterocycles. The van der Waals surface area contributed by atoms with Crippen LogP contribution in [0.3, 0.4) is 0 Å². The number of esters is 1. The fourth-order valence-electron chi connectivity index (χ4n) is 1.40. The summed E-state index contributed by atoms with van der Waals surface area (Å²) in [7, 11) is 0. The molecule has 2 atom stereocenters. The first-order valence-corrected chi connectivity index (χ1v) is 7.96. The van der Waals surface area contributed by atoms with Crippen molar-refractivity contribution < 1.29 is 14.6 Å². The van der Waals surface area contributed by atoms with Crippen LogP contribution in [0, 0.1) is 17.2 Å². The van der Waals surface area contributed by atoms with Crippen molar-refractivity contribution in [2.75, 3.05) is 5.75 Å². The molecule has 0 radical (unpaired) electrons. The molecule has 0 aliphatic carbocycles. The molecule has 0 aliphatic heterocycles. The lowest BCUT2D eigenvalue weighted by molar-refractivity contribution is -0.160. The Morgan fingerprint density at radius 3 is 2.24 bits per heavy atom. The van der Waals surface area contributed by atoms with Gasteiger partial charge in [-0.25, -0.2) is 0 Å². The van der Waals surface area contributed by atoms with Crippen molar-refractivity contribution in [1.82, 2.24) is 0 Å². The standard InChI is InChI=1S/C16H27NO3S/c1-11(10-21-16(5,6)7)8-13(18)12(9-17)14(19)20-15(2,3)4/h8,12-13,18H,10H2,1-7H3/b11-8-. The van der Waals surface area contributed by atoms with Gasteiger partial charge >= 0.3 is 5.97 Å². The number of rotatable bonds is 5. The highest BCUT2D eigenvalue weighted by Crippen LogP contribution is 2.25. The molecule has 0 aliphatic rings. The minimum Gasteiger partial charge on any atom is -0.459 e. The predicted molar refractivity (Wildman–Crippen MR) is 86.9 cm³/mol. The van der Waals surface area contributed by atoms with Gasteiger partial charge in [-0.05, 0) is 27.7 Å². The molecular formula is C16H27NO3S. The van der Waals surface area contributed by atoms with Gasteiger partial charge in [0.1, 0.15) is 5.60 Å². The zero-order valence-electron chi connectivity index (χ0n) is 14.1. The summed E-state index contributed by atoms with van der Waals surface area (Å²) >= 11 is 1.74. The Morgan fingerprint density at radius 2 is 1.86 bits per heavy atom. The van der Waals surface area contributed by atoms with Crippen LogP contribution in [0.2, 0.25) is 0 Å². The molecule has 0 aromatic rings. The van der Waals surface area contributed by atoms with Crippen LogP contribution in [-0.2, 0) is 9.53 Å². The molecule has 4 nitrogen and oxygen atoms in total.